The smallest absolute Gasteiger partial charge is 0.251 e. The molecule has 6 nitrogen and oxygen atoms in total. The van der Waals surface area contributed by atoms with Gasteiger partial charge in [0.2, 0.25) is 5.91 Å². The summed E-state index contributed by atoms with van der Waals surface area (Å²) in [5.41, 5.74) is 1.69. The fraction of sp³-hybridized carbons (Fsp3) is 0.350. The number of aliphatic imine (C=N–C) groups is 1. The fourth-order valence-electron chi connectivity index (χ4n) is 3.74. The van der Waals surface area contributed by atoms with Crippen LogP contribution in [0.5, 0.6) is 0 Å². The van der Waals surface area contributed by atoms with Crippen LogP contribution in [0.4, 0.5) is 5.69 Å². The zero-order valence-corrected chi connectivity index (χ0v) is 17.7. The summed E-state index contributed by atoms with van der Waals surface area (Å²) in [6, 6.07) is 8.97. The number of carbonyl (C=O) groups is 2. The summed E-state index contributed by atoms with van der Waals surface area (Å²) in [4.78, 5) is 32.4. The molecule has 148 valence electrons. The number of hydrogen-bond donors (Lipinski definition) is 1. The molecule has 0 bridgehead atoms. The van der Waals surface area contributed by atoms with Crippen molar-refractivity contribution in [1.29, 1.82) is 5.26 Å². The number of nitrogens with one attached hydrogen (secondary N) is 1. The number of halogens is 1. The lowest BCUT2D eigenvalue weighted by molar-refractivity contribution is -0.130. The first kappa shape index (κ1) is 20.1. The van der Waals surface area contributed by atoms with E-state index in [1.807, 2.05) is 0 Å². The third-order valence-electron chi connectivity index (χ3n) is 5.19. The number of anilines is 1. The molecule has 0 radical (unpaired) electrons. The molecule has 1 N–H and O–H groups in total. The second kappa shape index (κ2) is 8.27. The zero-order valence-electron chi connectivity index (χ0n) is 15.3. The second-order valence-electron chi connectivity index (χ2n) is 6.99. The minimum Gasteiger partial charge on any atom is -0.301 e. The molecule has 0 saturated carbocycles. The molecule has 1 saturated heterocycles. The van der Waals surface area contributed by atoms with Crippen molar-refractivity contribution in [3.05, 3.63) is 39.8 Å². The number of thioether (sulfide) groups is 1. The molecule has 4 rings (SSSR count). The average molecular weight is 445 g/mol. The molecule has 1 aromatic rings. The molecule has 0 unspecified atom stereocenters. The zero-order chi connectivity index (χ0) is 20.5. The summed E-state index contributed by atoms with van der Waals surface area (Å²) in [6.45, 7) is 0. The molecule has 0 aromatic heterocycles. The average Bonchev–Trinajstić information content (AvgIpc) is 3.06. The molecule has 1 aliphatic carbocycles. The maximum Gasteiger partial charge on any atom is 0.251 e. The van der Waals surface area contributed by atoms with E-state index in [4.69, 9.17) is 23.8 Å². The Kier molecular flexibility index (Phi) is 5.72. The number of benzene rings is 1. The van der Waals surface area contributed by atoms with Crippen molar-refractivity contribution in [1.82, 2.24) is 5.32 Å². The van der Waals surface area contributed by atoms with Crippen molar-refractivity contribution >= 4 is 64.4 Å². The standard InChI is InChI=1S/C20H17ClN4O2S2/c21-11-5-7-12(8-6-11)25-19(27)15(17(26)24-20(25)28)10-23-18-14(9-22)13-3-1-2-4-16(13)29-18/h5-8,10,14-15,18H,1-4H2,(H,24,26,28)/t14-,15+,18+/m1/s1. The molecule has 1 fully saturated rings. The maximum atomic E-state index is 13.0. The number of rotatable bonds is 3. The third-order valence-corrected chi connectivity index (χ3v) is 7.11. The van der Waals surface area contributed by atoms with Crippen LogP contribution in [-0.2, 0) is 9.59 Å². The van der Waals surface area contributed by atoms with E-state index in [1.165, 1.54) is 21.6 Å². The maximum absolute atomic E-state index is 13.0. The topological polar surface area (TPSA) is 85.6 Å². The van der Waals surface area contributed by atoms with Gasteiger partial charge in [-0.1, -0.05) is 11.6 Å². The van der Waals surface area contributed by atoms with Crippen LogP contribution in [0.15, 0.2) is 39.7 Å². The van der Waals surface area contributed by atoms with E-state index in [0.717, 1.165) is 25.7 Å². The first-order chi connectivity index (χ1) is 14.0. The van der Waals surface area contributed by atoms with Crippen LogP contribution in [0.25, 0.3) is 0 Å². The lowest BCUT2D eigenvalue weighted by atomic mass is 9.90. The number of allylic oxidation sites excluding steroid dienone is 1. The monoisotopic (exact) mass is 444 g/mol. The van der Waals surface area contributed by atoms with Gasteiger partial charge in [0.25, 0.3) is 5.91 Å². The first-order valence-corrected chi connectivity index (χ1v) is 10.9. The van der Waals surface area contributed by atoms with E-state index in [1.54, 1.807) is 36.0 Å². The molecule has 2 heterocycles. The molecule has 0 spiro atoms. The number of nitriles is 1. The molecular formula is C20H17ClN4O2S2. The van der Waals surface area contributed by atoms with E-state index in [0.29, 0.717) is 10.7 Å². The van der Waals surface area contributed by atoms with Gasteiger partial charge in [-0.25, -0.2) is 0 Å². The molecule has 3 aliphatic rings. The van der Waals surface area contributed by atoms with Crippen LogP contribution < -0.4 is 10.2 Å². The highest BCUT2D eigenvalue weighted by Crippen LogP contribution is 2.48. The van der Waals surface area contributed by atoms with Crippen molar-refractivity contribution in [3.63, 3.8) is 0 Å². The largest absolute Gasteiger partial charge is 0.301 e. The van der Waals surface area contributed by atoms with Gasteiger partial charge in [0.1, 0.15) is 11.3 Å². The molecule has 3 atom stereocenters. The van der Waals surface area contributed by atoms with E-state index in [-0.39, 0.29) is 16.4 Å². The molecule has 29 heavy (non-hydrogen) atoms. The van der Waals surface area contributed by atoms with Gasteiger partial charge in [-0.15, -0.1) is 11.8 Å². The summed E-state index contributed by atoms with van der Waals surface area (Å²) in [5.74, 6) is -2.39. The predicted octanol–water partition coefficient (Wildman–Crippen LogP) is 3.82. The van der Waals surface area contributed by atoms with E-state index in [2.05, 4.69) is 16.4 Å². The Morgan fingerprint density at radius 1 is 1.28 bits per heavy atom. The highest BCUT2D eigenvalue weighted by Gasteiger charge is 2.40. The van der Waals surface area contributed by atoms with Crippen LogP contribution in [0.3, 0.4) is 0 Å². The number of thiocarbonyl (C=S) groups is 1. The Bertz CT molecular complexity index is 983. The van der Waals surface area contributed by atoms with Crippen LogP contribution >= 0.6 is 35.6 Å². The van der Waals surface area contributed by atoms with E-state index in [9.17, 15) is 14.9 Å². The van der Waals surface area contributed by atoms with Crippen LogP contribution in [0, 0.1) is 23.2 Å². The number of amides is 2. The molecule has 2 aliphatic heterocycles. The van der Waals surface area contributed by atoms with Gasteiger partial charge in [-0.05, 0) is 72.6 Å². The highest BCUT2D eigenvalue weighted by atomic mass is 35.5. The SMILES string of the molecule is N#C[C@@H]1C2=C(CCCC2)S[C@@H]1N=C[C@H]1C(=O)NC(=S)N(c2ccc(Cl)cc2)C1=O. The van der Waals surface area contributed by atoms with Crippen molar-refractivity contribution in [2.24, 2.45) is 16.8 Å². The van der Waals surface area contributed by atoms with Crippen molar-refractivity contribution in [2.45, 2.75) is 31.1 Å². The normalized spacial score (nSPS) is 27.2. The Balaban J connectivity index is 1.55. The fourth-order valence-corrected chi connectivity index (χ4v) is 5.58. The van der Waals surface area contributed by atoms with Crippen molar-refractivity contribution in [2.75, 3.05) is 4.90 Å². The Hall–Kier alpha value is -2.21. The van der Waals surface area contributed by atoms with Gasteiger partial charge in [0.05, 0.1) is 11.8 Å². The van der Waals surface area contributed by atoms with Crippen LogP contribution in [0.2, 0.25) is 5.02 Å². The van der Waals surface area contributed by atoms with Gasteiger partial charge in [0, 0.05) is 11.2 Å². The van der Waals surface area contributed by atoms with E-state index < -0.39 is 17.7 Å². The number of carbonyl (C=O) groups excluding carboxylic acids is 2. The minimum atomic E-state index is -1.10. The minimum absolute atomic E-state index is 0.0224. The van der Waals surface area contributed by atoms with Gasteiger partial charge in [-0.2, -0.15) is 5.26 Å². The van der Waals surface area contributed by atoms with Crippen LogP contribution in [-0.4, -0.2) is 28.5 Å². The molecular weight excluding hydrogens is 428 g/mol. The first-order valence-electron chi connectivity index (χ1n) is 9.25. The second-order valence-corrected chi connectivity index (χ2v) is 9.03. The van der Waals surface area contributed by atoms with E-state index >= 15 is 0 Å². The third kappa shape index (κ3) is 3.82. The van der Waals surface area contributed by atoms with Crippen molar-refractivity contribution in [3.8, 4) is 6.07 Å². The summed E-state index contributed by atoms with van der Waals surface area (Å²) < 4.78 is 0. The van der Waals surface area contributed by atoms with Crippen molar-refractivity contribution < 1.29 is 9.59 Å². The Morgan fingerprint density at radius 2 is 2.00 bits per heavy atom. The summed E-state index contributed by atoms with van der Waals surface area (Å²) >= 11 is 12.7. The summed E-state index contributed by atoms with van der Waals surface area (Å²) in [7, 11) is 0. The van der Waals surface area contributed by atoms with Gasteiger partial charge in [0.15, 0.2) is 11.0 Å². The highest BCUT2D eigenvalue weighted by molar-refractivity contribution is 8.04. The summed E-state index contributed by atoms with van der Waals surface area (Å²) in [6.07, 6.45) is 5.48. The number of hydrogen-bond acceptors (Lipinski definition) is 6. The van der Waals surface area contributed by atoms with Gasteiger partial charge in [-0.3, -0.25) is 19.5 Å². The summed E-state index contributed by atoms with van der Waals surface area (Å²) in [5, 5.41) is 12.4. The Labute approximate surface area is 183 Å². The number of nitrogens with zero attached hydrogens (tertiary/aromatic N) is 3. The molecule has 9 heteroatoms. The van der Waals surface area contributed by atoms with Crippen LogP contribution in [0.1, 0.15) is 25.7 Å². The van der Waals surface area contributed by atoms with Gasteiger partial charge >= 0.3 is 0 Å². The molecule has 1 aromatic carbocycles. The Morgan fingerprint density at radius 3 is 2.72 bits per heavy atom. The lowest BCUT2D eigenvalue weighted by Crippen LogP contribution is -2.58. The molecule has 2 amide bonds. The quantitative estimate of drug-likeness (QED) is 0.435. The predicted molar refractivity (Wildman–Crippen MR) is 118 cm³/mol. The van der Waals surface area contributed by atoms with Gasteiger partial charge < -0.3 is 5.32 Å². The lowest BCUT2D eigenvalue weighted by Gasteiger charge is -2.31.